The van der Waals surface area contributed by atoms with Crippen molar-refractivity contribution in [2.75, 3.05) is 6.61 Å². The van der Waals surface area contributed by atoms with Gasteiger partial charge in [0.15, 0.2) is 11.2 Å². The molecule has 2 heterocycles. The molecule has 0 bridgehead atoms. The second-order valence-electron chi connectivity index (χ2n) is 9.40. The van der Waals surface area contributed by atoms with Gasteiger partial charge in [-0.25, -0.2) is 14.8 Å². The fourth-order valence-corrected chi connectivity index (χ4v) is 3.87. The number of rotatable bonds is 11. The van der Waals surface area contributed by atoms with Gasteiger partial charge in [-0.1, -0.05) is 13.8 Å². The van der Waals surface area contributed by atoms with Gasteiger partial charge in [0.2, 0.25) is 0 Å². The van der Waals surface area contributed by atoms with E-state index in [-0.39, 0.29) is 35.4 Å². The van der Waals surface area contributed by atoms with E-state index in [1.165, 1.54) is 30.7 Å². The Bertz CT molecular complexity index is 1400. The molecule has 38 heavy (non-hydrogen) atoms. The molecule has 0 fully saturated rings. The van der Waals surface area contributed by atoms with Gasteiger partial charge in [-0.3, -0.25) is 18.7 Å². The van der Waals surface area contributed by atoms with Gasteiger partial charge in [-0.15, -0.1) is 0 Å². The first kappa shape index (κ1) is 28.9. The quantitative estimate of drug-likeness (QED) is 0.269. The molecule has 3 rings (SSSR count). The summed E-state index contributed by atoms with van der Waals surface area (Å²) in [5.41, 5.74) is -0.816. The van der Waals surface area contributed by atoms with Crippen LogP contribution in [0.1, 0.15) is 57.0 Å². The second kappa shape index (κ2) is 12.2. The maximum absolute atomic E-state index is 12.9. The molecule has 1 aromatic carbocycles. The maximum Gasteiger partial charge on any atom is 0.416 e. The van der Waals surface area contributed by atoms with Crippen LogP contribution in [0.15, 0.2) is 33.9 Å². The molecule has 0 aliphatic rings. The van der Waals surface area contributed by atoms with Crippen LogP contribution in [-0.4, -0.2) is 31.7 Å². The molecule has 206 valence electrons. The Hall–Kier alpha value is -3.70. The van der Waals surface area contributed by atoms with Crippen LogP contribution in [0.3, 0.4) is 0 Å². The largest absolute Gasteiger partial charge is 0.487 e. The molecule has 0 saturated heterocycles. The van der Waals surface area contributed by atoms with Gasteiger partial charge in [0.1, 0.15) is 18.1 Å². The fraction of sp³-hybridized carbons (Fsp3) is 0.500. The highest BCUT2D eigenvalue weighted by Gasteiger charge is 2.30. The lowest BCUT2D eigenvalue weighted by molar-refractivity contribution is -0.141. The lowest BCUT2D eigenvalue weighted by atomic mass is 10.1. The van der Waals surface area contributed by atoms with E-state index in [1.54, 1.807) is 0 Å². The Morgan fingerprint density at radius 1 is 1.03 bits per heavy atom. The number of carbonyl (C=O) groups excluding carboxylic acids is 1. The van der Waals surface area contributed by atoms with Crippen LogP contribution in [0.2, 0.25) is 0 Å². The van der Waals surface area contributed by atoms with Gasteiger partial charge in [0, 0.05) is 20.5 Å². The van der Waals surface area contributed by atoms with Crippen LogP contribution in [0.25, 0.3) is 11.2 Å². The van der Waals surface area contributed by atoms with E-state index in [2.05, 4.69) is 9.97 Å². The van der Waals surface area contributed by atoms with Crippen molar-refractivity contribution in [1.29, 1.82) is 0 Å². The molecule has 2 aromatic heterocycles. The maximum atomic E-state index is 12.9. The molecule has 0 aliphatic carbocycles. The highest BCUT2D eigenvalue weighted by molar-refractivity contribution is 5.69. The van der Waals surface area contributed by atoms with Gasteiger partial charge in [0.25, 0.3) is 5.56 Å². The number of esters is 1. The number of alkyl halides is 3. The summed E-state index contributed by atoms with van der Waals surface area (Å²) in [6, 6.07) is 4.29. The predicted molar refractivity (Wildman–Crippen MR) is 134 cm³/mol. The molecule has 12 heteroatoms. The lowest BCUT2D eigenvalue weighted by Crippen LogP contribution is -2.40. The molecule has 0 aliphatic heterocycles. The van der Waals surface area contributed by atoms with Crippen molar-refractivity contribution in [1.82, 2.24) is 19.1 Å². The van der Waals surface area contributed by atoms with Crippen LogP contribution in [0.5, 0.6) is 5.75 Å². The molecule has 9 nitrogen and oxygen atoms in total. The molecular formula is C26H31F3N4O5. The minimum Gasteiger partial charge on any atom is -0.487 e. The average Bonchev–Trinajstić information content (AvgIpc) is 2.85. The van der Waals surface area contributed by atoms with Crippen LogP contribution >= 0.6 is 0 Å². The Kier molecular flexibility index (Phi) is 9.29. The number of hydrogen-bond donors (Lipinski definition) is 0. The summed E-state index contributed by atoms with van der Waals surface area (Å²) >= 11 is 0. The number of aromatic nitrogens is 4. The number of fused-ring (bicyclic) bond motifs is 1. The fourth-order valence-electron chi connectivity index (χ4n) is 3.87. The van der Waals surface area contributed by atoms with Gasteiger partial charge in [0.05, 0.1) is 17.9 Å². The second-order valence-corrected chi connectivity index (χ2v) is 9.40. The summed E-state index contributed by atoms with van der Waals surface area (Å²) < 4.78 is 51.7. The summed E-state index contributed by atoms with van der Waals surface area (Å²) in [5.74, 6) is -0.0638. The van der Waals surface area contributed by atoms with Crippen LogP contribution in [-0.2, 0) is 42.3 Å². The van der Waals surface area contributed by atoms with E-state index < -0.39 is 23.0 Å². The van der Waals surface area contributed by atoms with Crippen molar-refractivity contribution < 1.29 is 27.4 Å². The van der Waals surface area contributed by atoms with Crippen LogP contribution in [0, 0.1) is 5.92 Å². The first-order chi connectivity index (χ1) is 17.9. The summed E-state index contributed by atoms with van der Waals surface area (Å²) in [5, 5.41) is 0. The standard InChI is InChI=1S/C26H31F3N4O5/c1-16(2)14-33-23-22(24(35)32(4)25(33)36)30-20(8-6-5-7-13-37-17(3)34)21(31-23)15-38-19-11-9-18(10-12-19)26(27,28)29/h9-12,16H,5-8,13-15H2,1-4H3. The summed E-state index contributed by atoms with van der Waals surface area (Å²) in [4.78, 5) is 45.9. The van der Waals surface area contributed by atoms with E-state index >= 15 is 0 Å². The number of halogens is 3. The van der Waals surface area contributed by atoms with Crippen molar-refractivity contribution in [2.24, 2.45) is 13.0 Å². The zero-order valence-electron chi connectivity index (χ0n) is 21.8. The minimum absolute atomic E-state index is 0.0564. The molecule has 0 amide bonds. The molecule has 0 radical (unpaired) electrons. The van der Waals surface area contributed by atoms with Crippen molar-refractivity contribution in [3.05, 3.63) is 62.1 Å². The van der Waals surface area contributed by atoms with E-state index in [9.17, 15) is 27.6 Å². The topological polar surface area (TPSA) is 105 Å². The average molecular weight is 537 g/mol. The van der Waals surface area contributed by atoms with Gasteiger partial charge < -0.3 is 9.47 Å². The number of nitrogens with zero attached hydrogens (tertiary/aromatic N) is 4. The zero-order chi connectivity index (χ0) is 28.0. The molecule has 0 unspecified atom stereocenters. The Balaban J connectivity index is 1.95. The number of carbonyl (C=O) groups is 1. The third-order valence-corrected chi connectivity index (χ3v) is 5.78. The molecule has 0 spiro atoms. The third-order valence-electron chi connectivity index (χ3n) is 5.78. The van der Waals surface area contributed by atoms with Crippen molar-refractivity contribution in [2.45, 2.75) is 65.8 Å². The Morgan fingerprint density at radius 2 is 1.71 bits per heavy atom. The minimum atomic E-state index is -4.46. The number of ether oxygens (including phenoxy) is 2. The smallest absolute Gasteiger partial charge is 0.416 e. The first-order valence-corrected chi connectivity index (χ1v) is 12.3. The van der Waals surface area contributed by atoms with Crippen molar-refractivity contribution >= 4 is 17.1 Å². The van der Waals surface area contributed by atoms with Crippen LogP contribution in [0.4, 0.5) is 13.2 Å². The number of unbranched alkanes of at least 4 members (excludes halogenated alkanes) is 2. The highest BCUT2D eigenvalue weighted by atomic mass is 19.4. The number of aryl methyl sites for hydroxylation is 1. The summed E-state index contributed by atoms with van der Waals surface area (Å²) in [6.45, 7) is 5.68. The van der Waals surface area contributed by atoms with E-state index in [0.29, 0.717) is 43.8 Å². The molecular weight excluding hydrogens is 505 g/mol. The molecule has 0 saturated carbocycles. The van der Waals surface area contributed by atoms with Crippen molar-refractivity contribution in [3.8, 4) is 5.75 Å². The van der Waals surface area contributed by atoms with Gasteiger partial charge in [-0.2, -0.15) is 13.2 Å². The summed E-state index contributed by atoms with van der Waals surface area (Å²) in [6.07, 6.45) is -2.01. The summed E-state index contributed by atoms with van der Waals surface area (Å²) in [7, 11) is 1.39. The van der Waals surface area contributed by atoms with Gasteiger partial charge >= 0.3 is 17.8 Å². The number of hydrogen-bond acceptors (Lipinski definition) is 7. The lowest BCUT2D eigenvalue weighted by Gasteiger charge is -2.16. The van der Waals surface area contributed by atoms with E-state index in [1.807, 2.05) is 13.8 Å². The number of benzene rings is 1. The first-order valence-electron chi connectivity index (χ1n) is 12.3. The molecule has 0 N–H and O–H groups in total. The Labute approximate surface area is 217 Å². The predicted octanol–water partition coefficient (Wildman–Crippen LogP) is 4.02. The highest BCUT2D eigenvalue weighted by Crippen LogP contribution is 2.30. The molecule has 3 aromatic rings. The Morgan fingerprint density at radius 3 is 2.32 bits per heavy atom. The van der Waals surface area contributed by atoms with Crippen LogP contribution < -0.4 is 16.0 Å². The van der Waals surface area contributed by atoms with Gasteiger partial charge in [-0.05, 0) is 55.9 Å². The zero-order valence-corrected chi connectivity index (χ0v) is 21.8. The molecule has 0 atom stereocenters. The van der Waals surface area contributed by atoms with E-state index in [0.717, 1.165) is 23.1 Å². The normalized spacial score (nSPS) is 11.8. The third kappa shape index (κ3) is 7.20. The van der Waals surface area contributed by atoms with E-state index in [4.69, 9.17) is 9.47 Å². The monoisotopic (exact) mass is 536 g/mol. The SMILES string of the molecule is CC(=O)OCCCCCc1nc2c(=O)n(C)c(=O)n(CC(C)C)c2nc1COc1ccc(C(F)(F)F)cc1. The van der Waals surface area contributed by atoms with Crippen molar-refractivity contribution in [3.63, 3.8) is 0 Å².